The summed E-state index contributed by atoms with van der Waals surface area (Å²) >= 11 is 0. The average Bonchev–Trinajstić information content (AvgIpc) is 2.72. The number of nitrogens with zero attached hydrogens (tertiary/aromatic N) is 4. The lowest BCUT2D eigenvalue weighted by Crippen LogP contribution is -2.40. The third kappa shape index (κ3) is 2.86. The zero-order valence-electron chi connectivity index (χ0n) is 14.6. The van der Waals surface area contributed by atoms with E-state index in [-0.39, 0.29) is 28.8 Å². The molecule has 0 aliphatic heterocycles. The Balaban J connectivity index is 2.09. The van der Waals surface area contributed by atoms with Crippen LogP contribution in [0.1, 0.15) is 16.1 Å². The first-order valence-corrected chi connectivity index (χ1v) is 8.47. The Hall–Kier alpha value is -4.07. The van der Waals surface area contributed by atoms with E-state index in [4.69, 9.17) is 5.73 Å². The predicted octanol–water partition coefficient (Wildman–Crippen LogP) is 1.09. The number of hydrogen-bond donors (Lipinski definition) is 1. The van der Waals surface area contributed by atoms with E-state index in [0.717, 1.165) is 4.57 Å². The van der Waals surface area contributed by atoms with Gasteiger partial charge in [0.15, 0.2) is 5.65 Å². The van der Waals surface area contributed by atoms with Gasteiger partial charge in [-0.15, -0.1) is 0 Å². The minimum Gasteiger partial charge on any atom is -0.366 e. The van der Waals surface area contributed by atoms with Gasteiger partial charge in [-0.2, -0.15) is 0 Å². The van der Waals surface area contributed by atoms with E-state index in [9.17, 15) is 14.4 Å². The Kier molecular flexibility index (Phi) is 4.29. The van der Waals surface area contributed by atoms with Crippen LogP contribution in [0.5, 0.6) is 0 Å². The number of fused-ring (bicyclic) bond motifs is 1. The fraction of sp³-hybridized carbons (Fsp3) is 0.0500. The van der Waals surface area contributed by atoms with Crippen molar-refractivity contribution < 1.29 is 4.79 Å². The summed E-state index contributed by atoms with van der Waals surface area (Å²) < 4.78 is 2.31. The summed E-state index contributed by atoms with van der Waals surface area (Å²) in [6.45, 7) is -0.0118. The van der Waals surface area contributed by atoms with Gasteiger partial charge in [-0.3, -0.25) is 19.1 Å². The van der Waals surface area contributed by atoms with Crippen LogP contribution in [0.3, 0.4) is 0 Å². The maximum Gasteiger partial charge on any atom is 0.337 e. The van der Waals surface area contributed by atoms with Gasteiger partial charge in [0.1, 0.15) is 0 Å². The fourth-order valence-electron chi connectivity index (χ4n) is 3.07. The van der Waals surface area contributed by atoms with Gasteiger partial charge in [-0.05, 0) is 36.4 Å². The number of amides is 1. The lowest BCUT2D eigenvalue weighted by molar-refractivity contribution is 0.100. The molecule has 138 valence electrons. The molecular formula is C20H15N5O3. The molecule has 2 N–H and O–H groups in total. The minimum atomic E-state index is -0.686. The quantitative estimate of drug-likeness (QED) is 0.575. The number of nitrogens with two attached hydrogens (primary N) is 1. The lowest BCUT2D eigenvalue weighted by atomic mass is 10.1. The molecule has 0 aliphatic rings. The predicted molar refractivity (Wildman–Crippen MR) is 103 cm³/mol. The maximum atomic E-state index is 13.3. The number of primary amides is 1. The standard InChI is InChI=1S/C20H15N5O3/c21-17(26)14-7-1-2-9-16(14)25-18-15(8-5-11-23-18)19(27)24(20(25)28)12-13-6-3-4-10-22-13/h1-11H,12H2,(H2,21,26). The van der Waals surface area contributed by atoms with E-state index in [1.54, 1.807) is 54.7 Å². The third-order valence-electron chi connectivity index (χ3n) is 4.35. The Bertz CT molecular complexity index is 1310. The van der Waals surface area contributed by atoms with Crippen LogP contribution < -0.4 is 17.0 Å². The molecule has 0 unspecified atom stereocenters. The Morgan fingerprint density at radius 2 is 1.68 bits per heavy atom. The second-order valence-corrected chi connectivity index (χ2v) is 6.09. The van der Waals surface area contributed by atoms with E-state index in [2.05, 4.69) is 9.97 Å². The molecule has 0 fully saturated rings. The van der Waals surface area contributed by atoms with E-state index in [1.165, 1.54) is 16.8 Å². The number of carbonyl (C=O) groups is 1. The van der Waals surface area contributed by atoms with E-state index in [1.807, 2.05) is 0 Å². The molecule has 0 saturated carbocycles. The highest BCUT2D eigenvalue weighted by molar-refractivity contribution is 5.97. The minimum absolute atomic E-state index is 0.0118. The highest BCUT2D eigenvalue weighted by Gasteiger charge is 2.19. The van der Waals surface area contributed by atoms with Gasteiger partial charge in [0, 0.05) is 12.4 Å². The molecule has 3 heterocycles. The number of carbonyl (C=O) groups excluding carboxylic acids is 1. The number of aromatic nitrogens is 4. The van der Waals surface area contributed by atoms with Crippen molar-refractivity contribution in [3.05, 3.63) is 99.1 Å². The van der Waals surface area contributed by atoms with Crippen molar-refractivity contribution in [3.8, 4) is 5.69 Å². The van der Waals surface area contributed by atoms with Crippen LogP contribution in [0, 0.1) is 0 Å². The zero-order valence-corrected chi connectivity index (χ0v) is 14.6. The lowest BCUT2D eigenvalue weighted by Gasteiger charge is -2.15. The van der Waals surface area contributed by atoms with E-state index in [0.29, 0.717) is 5.69 Å². The van der Waals surface area contributed by atoms with Gasteiger partial charge < -0.3 is 5.73 Å². The molecular weight excluding hydrogens is 358 g/mol. The van der Waals surface area contributed by atoms with Crippen molar-refractivity contribution >= 4 is 16.9 Å². The maximum absolute atomic E-state index is 13.3. The Morgan fingerprint density at radius 1 is 0.929 bits per heavy atom. The zero-order chi connectivity index (χ0) is 19.7. The first-order valence-electron chi connectivity index (χ1n) is 8.47. The molecule has 0 atom stereocenters. The Morgan fingerprint density at radius 3 is 2.43 bits per heavy atom. The summed E-state index contributed by atoms with van der Waals surface area (Å²) in [4.78, 5) is 46.5. The van der Waals surface area contributed by atoms with Crippen molar-refractivity contribution in [2.24, 2.45) is 5.73 Å². The average molecular weight is 373 g/mol. The van der Waals surface area contributed by atoms with Crippen molar-refractivity contribution in [1.29, 1.82) is 0 Å². The number of pyridine rings is 2. The molecule has 1 amide bonds. The van der Waals surface area contributed by atoms with Crippen molar-refractivity contribution in [1.82, 2.24) is 19.1 Å². The van der Waals surface area contributed by atoms with Gasteiger partial charge in [-0.1, -0.05) is 18.2 Å². The molecule has 0 spiro atoms. The first-order chi connectivity index (χ1) is 13.6. The van der Waals surface area contributed by atoms with Crippen LogP contribution in [0.4, 0.5) is 0 Å². The molecule has 0 radical (unpaired) electrons. The summed E-state index contributed by atoms with van der Waals surface area (Å²) in [5, 5.41) is 0.248. The van der Waals surface area contributed by atoms with Crippen LogP contribution in [-0.2, 0) is 6.54 Å². The van der Waals surface area contributed by atoms with Gasteiger partial charge in [0.25, 0.3) is 11.5 Å². The molecule has 3 aromatic heterocycles. The molecule has 4 rings (SSSR count). The van der Waals surface area contributed by atoms with Gasteiger partial charge in [-0.25, -0.2) is 14.3 Å². The first kappa shape index (κ1) is 17.3. The second kappa shape index (κ2) is 6.92. The van der Waals surface area contributed by atoms with Crippen molar-refractivity contribution in [2.75, 3.05) is 0 Å². The van der Waals surface area contributed by atoms with Crippen LogP contribution in [0.25, 0.3) is 16.7 Å². The van der Waals surface area contributed by atoms with Crippen LogP contribution in [-0.4, -0.2) is 25.0 Å². The molecule has 4 aromatic rings. The third-order valence-corrected chi connectivity index (χ3v) is 4.35. The molecule has 28 heavy (non-hydrogen) atoms. The summed E-state index contributed by atoms with van der Waals surface area (Å²) in [5.74, 6) is -0.686. The highest BCUT2D eigenvalue weighted by Crippen LogP contribution is 2.16. The largest absolute Gasteiger partial charge is 0.366 e. The fourth-order valence-corrected chi connectivity index (χ4v) is 3.07. The summed E-state index contributed by atoms with van der Waals surface area (Å²) in [6.07, 6.45) is 3.07. The molecule has 8 nitrogen and oxygen atoms in total. The van der Waals surface area contributed by atoms with Crippen molar-refractivity contribution in [3.63, 3.8) is 0 Å². The topological polar surface area (TPSA) is 113 Å². The normalized spacial score (nSPS) is 10.9. The van der Waals surface area contributed by atoms with Gasteiger partial charge in [0.2, 0.25) is 0 Å². The highest BCUT2D eigenvalue weighted by atomic mass is 16.2. The van der Waals surface area contributed by atoms with Crippen LogP contribution in [0.15, 0.2) is 76.6 Å². The Labute approximate surface area is 158 Å². The van der Waals surface area contributed by atoms with Crippen LogP contribution >= 0.6 is 0 Å². The molecule has 0 saturated heterocycles. The van der Waals surface area contributed by atoms with Crippen molar-refractivity contribution in [2.45, 2.75) is 6.54 Å². The molecule has 0 bridgehead atoms. The SMILES string of the molecule is NC(=O)c1ccccc1-n1c(=O)n(Cc2ccccn2)c(=O)c2cccnc21. The van der Waals surface area contributed by atoms with Crippen LogP contribution in [0.2, 0.25) is 0 Å². The summed E-state index contributed by atoms with van der Waals surface area (Å²) in [6, 6.07) is 14.9. The number of rotatable bonds is 4. The number of para-hydroxylation sites is 1. The monoisotopic (exact) mass is 373 g/mol. The van der Waals surface area contributed by atoms with Gasteiger partial charge >= 0.3 is 5.69 Å². The summed E-state index contributed by atoms with van der Waals surface area (Å²) in [7, 11) is 0. The van der Waals surface area contributed by atoms with E-state index < -0.39 is 17.2 Å². The van der Waals surface area contributed by atoms with E-state index >= 15 is 0 Å². The molecule has 0 aliphatic carbocycles. The molecule has 8 heteroatoms. The molecule has 1 aromatic carbocycles. The second-order valence-electron chi connectivity index (χ2n) is 6.09. The van der Waals surface area contributed by atoms with Gasteiger partial charge in [0.05, 0.1) is 28.9 Å². The number of hydrogen-bond acceptors (Lipinski definition) is 5. The smallest absolute Gasteiger partial charge is 0.337 e. The number of benzene rings is 1. The summed E-state index contributed by atoms with van der Waals surface area (Å²) in [5.41, 5.74) is 5.50.